The van der Waals surface area contributed by atoms with Gasteiger partial charge < -0.3 is 25.4 Å². The minimum Gasteiger partial charge on any atom is -0.362 e. The van der Waals surface area contributed by atoms with Crippen LogP contribution in [0.5, 0.6) is 0 Å². The molecule has 4 atom stereocenters. The molecule has 57 heavy (non-hydrogen) atoms. The number of hydrogen-bond acceptors (Lipinski definition) is 7. The number of benzene rings is 4. The fourth-order valence-electron chi connectivity index (χ4n) is 9.10. The van der Waals surface area contributed by atoms with Gasteiger partial charge in [0, 0.05) is 31.1 Å². The molecule has 11 heteroatoms. The van der Waals surface area contributed by atoms with Gasteiger partial charge in [-0.15, -0.1) is 0 Å². The Kier molecular flexibility index (Phi) is 10.7. The van der Waals surface area contributed by atoms with Crippen molar-refractivity contribution < 1.29 is 14.0 Å². The van der Waals surface area contributed by atoms with Crippen LogP contribution in [0.3, 0.4) is 0 Å². The van der Waals surface area contributed by atoms with Crippen molar-refractivity contribution in [3.63, 3.8) is 0 Å². The maximum absolute atomic E-state index is 15.0. The van der Waals surface area contributed by atoms with Crippen molar-refractivity contribution in [3.8, 4) is 22.4 Å². The monoisotopic (exact) mass is 766 g/mol. The number of H-pyrrole nitrogens is 1. The van der Waals surface area contributed by atoms with Gasteiger partial charge in [-0.1, -0.05) is 97.1 Å². The van der Waals surface area contributed by atoms with E-state index in [1.54, 1.807) is 23.1 Å². The van der Waals surface area contributed by atoms with Crippen molar-refractivity contribution in [1.82, 2.24) is 40.2 Å². The molecule has 0 aliphatic carbocycles. The molecule has 5 aromatic rings. The molecule has 3 aliphatic rings. The Balaban J connectivity index is 0.981. The van der Waals surface area contributed by atoms with Gasteiger partial charge in [0.25, 0.3) is 0 Å². The number of nitrogens with one attached hydrogen (secondary N) is 3. The molecule has 0 saturated carbocycles. The molecule has 1 aromatic heterocycles. The third-order valence-electron chi connectivity index (χ3n) is 11.9. The average Bonchev–Trinajstić information content (AvgIpc) is 4.06. The summed E-state index contributed by atoms with van der Waals surface area (Å²) in [5.74, 6) is 0.410. The first-order valence-electron chi connectivity index (χ1n) is 19.9. The highest BCUT2D eigenvalue weighted by molar-refractivity contribution is 5.85. The minimum absolute atomic E-state index is 0.0930. The number of rotatable bonds is 11. The molecule has 0 spiro atoms. The van der Waals surface area contributed by atoms with Gasteiger partial charge in [-0.05, 0) is 87.8 Å². The standard InChI is InChI=1S/C46H51FN8O2/c1-52(2)41(34-12-6-5-7-13-34)44(56)54-28-10-16-39(54)43-48-30-38(51-43)33-20-18-31(19-21-33)32-22-24-35(25-23-32)46(49-26-27-50-46)40-17-11-29-55(40)45(57)42(53(3)4)36-14-8-9-15-37(36)47/h5-9,12-15,18-27,30,39-42,49-50H,10-11,16-17,28-29H2,1-4H3,(H,48,51)/t39-,40-,41+,42+/m0/s1. The highest BCUT2D eigenvalue weighted by atomic mass is 19.1. The Bertz CT molecular complexity index is 2210. The number of amides is 2. The molecular weight excluding hydrogens is 716 g/mol. The summed E-state index contributed by atoms with van der Waals surface area (Å²) in [5.41, 5.74) is 5.71. The molecule has 2 fully saturated rings. The number of likely N-dealkylation sites (tertiary alicyclic amines) is 2. The predicted octanol–water partition coefficient (Wildman–Crippen LogP) is 6.96. The number of imidazole rings is 1. The number of nitrogens with zero attached hydrogens (tertiary/aromatic N) is 5. The van der Waals surface area contributed by atoms with Crippen molar-refractivity contribution in [1.29, 1.82) is 0 Å². The number of halogens is 1. The zero-order valence-electron chi connectivity index (χ0n) is 33.0. The maximum atomic E-state index is 15.0. The number of carbonyl (C=O) groups excluding carboxylic acids is 2. The first-order chi connectivity index (χ1) is 27.7. The van der Waals surface area contributed by atoms with E-state index in [-0.39, 0.29) is 35.8 Å². The van der Waals surface area contributed by atoms with Crippen molar-refractivity contribution in [3.05, 3.63) is 150 Å². The van der Waals surface area contributed by atoms with E-state index >= 15 is 4.39 Å². The quantitative estimate of drug-likeness (QED) is 0.134. The summed E-state index contributed by atoms with van der Waals surface area (Å²) in [4.78, 5) is 44.2. The molecule has 2 amide bonds. The Hall–Kier alpha value is -5.78. The Morgan fingerprint density at radius 3 is 1.96 bits per heavy atom. The van der Waals surface area contributed by atoms with Crippen LogP contribution in [0.2, 0.25) is 0 Å². The average molecular weight is 767 g/mol. The zero-order chi connectivity index (χ0) is 39.7. The van der Waals surface area contributed by atoms with Gasteiger partial charge in [0.1, 0.15) is 23.7 Å². The molecular formula is C46H51FN8O2. The normalized spacial score (nSPS) is 19.8. The fourth-order valence-corrected chi connectivity index (χ4v) is 9.10. The number of likely N-dealkylation sites (N-methyl/N-ethyl adjacent to an activating group) is 2. The summed E-state index contributed by atoms with van der Waals surface area (Å²) in [6.07, 6.45) is 9.09. The second-order valence-electron chi connectivity index (χ2n) is 15.8. The second-order valence-corrected chi connectivity index (χ2v) is 15.8. The number of hydrogen-bond donors (Lipinski definition) is 3. The Labute approximate surface area is 334 Å². The molecule has 3 aliphatic heterocycles. The lowest BCUT2D eigenvalue weighted by Crippen LogP contribution is -2.61. The van der Waals surface area contributed by atoms with Crippen molar-refractivity contribution in [2.45, 2.75) is 55.5 Å². The van der Waals surface area contributed by atoms with Crippen LogP contribution in [0.1, 0.15) is 66.3 Å². The largest absolute Gasteiger partial charge is 0.362 e. The summed E-state index contributed by atoms with van der Waals surface area (Å²) in [6, 6.07) is 32.0. The third-order valence-corrected chi connectivity index (χ3v) is 11.9. The lowest BCUT2D eigenvalue weighted by Gasteiger charge is -2.43. The SMILES string of the molecule is CN(C)[C@@H](C(=O)N1CCC[C@H]1c1ncc(-c2ccc(-c3ccc(C4([C@@H]5CCCN5C(=O)[C@@H](c5ccccc5F)N(C)C)NC=CN4)cc3)cc2)[nH]1)c1ccccc1. The van der Waals surface area contributed by atoms with E-state index in [2.05, 4.69) is 64.1 Å². The third kappa shape index (κ3) is 7.21. The molecule has 4 aromatic carbocycles. The van der Waals surface area contributed by atoms with Crippen LogP contribution in [-0.2, 0) is 15.3 Å². The summed E-state index contributed by atoms with van der Waals surface area (Å²) < 4.78 is 15.0. The van der Waals surface area contributed by atoms with Crippen LogP contribution >= 0.6 is 0 Å². The highest BCUT2D eigenvalue weighted by Crippen LogP contribution is 2.39. The molecule has 4 heterocycles. The Morgan fingerprint density at radius 1 is 0.719 bits per heavy atom. The van der Waals surface area contributed by atoms with Crippen molar-refractivity contribution >= 4 is 11.8 Å². The molecule has 0 radical (unpaired) electrons. The minimum atomic E-state index is -0.737. The van der Waals surface area contributed by atoms with E-state index in [0.29, 0.717) is 18.7 Å². The molecule has 3 N–H and O–H groups in total. The van der Waals surface area contributed by atoms with E-state index < -0.39 is 11.7 Å². The van der Waals surface area contributed by atoms with Gasteiger partial charge in [0.2, 0.25) is 11.8 Å². The molecule has 0 unspecified atom stereocenters. The molecule has 8 rings (SSSR count). The van der Waals surface area contributed by atoms with E-state index in [4.69, 9.17) is 4.98 Å². The van der Waals surface area contributed by atoms with Crippen LogP contribution < -0.4 is 10.6 Å². The lowest BCUT2D eigenvalue weighted by atomic mass is 9.88. The van der Waals surface area contributed by atoms with E-state index in [0.717, 1.165) is 65.0 Å². The molecule has 10 nitrogen and oxygen atoms in total. The number of carbonyl (C=O) groups is 2. The summed E-state index contributed by atoms with van der Waals surface area (Å²) in [5, 5.41) is 7.12. The van der Waals surface area contributed by atoms with Gasteiger partial charge >= 0.3 is 0 Å². The summed E-state index contributed by atoms with van der Waals surface area (Å²) >= 11 is 0. The van der Waals surface area contributed by atoms with Crippen molar-refractivity contribution in [2.75, 3.05) is 41.3 Å². The molecule has 2 saturated heterocycles. The van der Waals surface area contributed by atoms with Gasteiger partial charge in [0.05, 0.1) is 24.0 Å². The first kappa shape index (κ1) is 38.1. The maximum Gasteiger partial charge on any atom is 0.245 e. The molecule has 294 valence electrons. The van der Waals surface area contributed by atoms with Crippen molar-refractivity contribution in [2.24, 2.45) is 0 Å². The topological polar surface area (TPSA) is 99.8 Å². The van der Waals surface area contributed by atoms with E-state index in [1.165, 1.54) is 6.07 Å². The lowest BCUT2D eigenvalue weighted by molar-refractivity contribution is -0.139. The van der Waals surface area contributed by atoms with Crippen LogP contribution in [0.4, 0.5) is 4.39 Å². The Morgan fingerprint density at radius 2 is 1.30 bits per heavy atom. The van der Waals surface area contributed by atoms with E-state index in [9.17, 15) is 9.59 Å². The van der Waals surface area contributed by atoms with Gasteiger partial charge in [-0.2, -0.15) is 0 Å². The zero-order valence-corrected chi connectivity index (χ0v) is 33.0. The second kappa shape index (κ2) is 16.0. The molecule has 0 bridgehead atoms. The fraction of sp³-hybridized carbons (Fsp3) is 0.326. The predicted molar refractivity (Wildman–Crippen MR) is 221 cm³/mol. The highest BCUT2D eigenvalue weighted by Gasteiger charge is 2.49. The smallest absolute Gasteiger partial charge is 0.245 e. The first-order valence-corrected chi connectivity index (χ1v) is 19.9. The summed E-state index contributed by atoms with van der Waals surface area (Å²) in [6.45, 7) is 1.30. The van der Waals surface area contributed by atoms with Crippen LogP contribution in [0, 0.1) is 5.82 Å². The van der Waals surface area contributed by atoms with Gasteiger partial charge in [-0.3, -0.25) is 19.4 Å². The van der Waals surface area contributed by atoms with Gasteiger partial charge in [-0.25, -0.2) is 9.37 Å². The van der Waals surface area contributed by atoms with Gasteiger partial charge in [0.15, 0.2) is 5.66 Å². The number of aromatic amines is 1. The van der Waals surface area contributed by atoms with Crippen LogP contribution in [-0.4, -0.2) is 88.7 Å². The van der Waals surface area contributed by atoms with Crippen LogP contribution in [0.15, 0.2) is 122 Å². The van der Waals surface area contributed by atoms with E-state index in [1.807, 2.05) is 91.8 Å². The summed E-state index contributed by atoms with van der Waals surface area (Å²) in [7, 11) is 7.55. The van der Waals surface area contributed by atoms with Crippen LogP contribution in [0.25, 0.3) is 22.4 Å². The number of aromatic nitrogens is 2.